The Morgan fingerprint density at radius 2 is 1.76 bits per heavy atom. The van der Waals surface area contributed by atoms with Gasteiger partial charge in [0.25, 0.3) is 0 Å². The lowest BCUT2D eigenvalue weighted by molar-refractivity contribution is 0.0184. The molecule has 1 saturated heterocycles. The topological polar surface area (TPSA) is 79.7 Å². The standard InChI is InChI=1S/C27H29FN2O4/c1-27(2,3)34-26(33)30-14-12-17(13-15-30)16-20-22(25(31)32)19-10-7-11-21(28)24(19)29-23(20)18-8-5-4-6-9-18/h4-11,17H,12-16H2,1-3H3,(H,31,32). The molecule has 7 heteroatoms. The Balaban J connectivity index is 1.69. The van der Waals surface area contributed by atoms with Gasteiger partial charge in [0.15, 0.2) is 0 Å². The highest BCUT2D eigenvalue weighted by Crippen LogP contribution is 2.35. The number of benzene rings is 2. The van der Waals surface area contributed by atoms with Crippen molar-refractivity contribution in [3.8, 4) is 11.3 Å². The molecule has 1 fully saturated rings. The van der Waals surface area contributed by atoms with Gasteiger partial charge >= 0.3 is 12.1 Å². The molecule has 4 rings (SSSR count). The SMILES string of the molecule is CC(C)(C)OC(=O)N1CCC(Cc2c(-c3ccccc3)nc3c(F)cccc3c2C(=O)O)CC1. The van der Waals surface area contributed by atoms with Crippen molar-refractivity contribution in [3.63, 3.8) is 0 Å². The predicted octanol–water partition coefficient (Wildman–Crippen LogP) is 5.93. The molecule has 0 bridgehead atoms. The first kappa shape index (κ1) is 23.7. The van der Waals surface area contributed by atoms with E-state index in [0.29, 0.717) is 49.0 Å². The van der Waals surface area contributed by atoms with E-state index in [0.717, 1.165) is 5.56 Å². The summed E-state index contributed by atoms with van der Waals surface area (Å²) in [6, 6.07) is 13.7. The van der Waals surface area contributed by atoms with Gasteiger partial charge in [0.1, 0.15) is 16.9 Å². The predicted molar refractivity (Wildman–Crippen MR) is 128 cm³/mol. The van der Waals surface area contributed by atoms with E-state index in [-0.39, 0.29) is 23.1 Å². The fourth-order valence-corrected chi connectivity index (χ4v) is 4.50. The van der Waals surface area contributed by atoms with Gasteiger partial charge in [-0.2, -0.15) is 0 Å². The van der Waals surface area contributed by atoms with Gasteiger partial charge < -0.3 is 14.7 Å². The van der Waals surface area contributed by atoms with Crippen molar-refractivity contribution in [1.82, 2.24) is 9.88 Å². The molecule has 34 heavy (non-hydrogen) atoms. The molecule has 1 N–H and O–H groups in total. The molecule has 1 aliphatic rings. The van der Waals surface area contributed by atoms with E-state index in [9.17, 15) is 19.1 Å². The number of aromatic carboxylic acids is 1. The van der Waals surface area contributed by atoms with E-state index in [2.05, 4.69) is 4.98 Å². The van der Waals surface area contributed by atoms with Crippen LogP contribution in [0.25, 0.3) is 22.2 Å². The Bertz CT molecular complexity index is 1210. The summed E-state index contributed by atoms with van der Waals surface area (Å²) in [5.41, 5.74) is 1.44. The summed E-state index contributed by atoms with van der Waals surface area (Å²) >= 11 is 0. The Hall–Kier alpha value is -3.48. The number of carbonyl (C=O) groups is 2. The fraction of sp³-hybridized carbons (Fsp3) is 0.370. The van der Waals surface area contributed by atoms with Crippen LogP contribution in [0, 0.1) is 11.7 Å². The van der Waals surface area contributed by atoms with Gasteiger partial charge in [-0.3, -0.25) is 0 Å². The number of halogens is 1. The Labute approximate surface area is 198 Å². The molecule has 1 aromatic heterocycles. The molecular weight excluding hydrogens is 435 g/mol. The first-order valence-corrected chi connectivity index (χ1v) is 11.5. The summed E-state index contributed by atoms with van der Waals surface area (Å²) in [6.45, 7) is 6.60. The van der Waals surface area contributed by atoms with Gasteiger partial charge in [0.2, 0.25) is 0 Å². The van der Waals surface area contributed by atoms with E-state index in [1.54, 1.807) is 11.0 Å². The van der Waals surface area contributed by atoms with E-state index in [4.69, 9.17) is 4.74 Å². The molecule has 1 amide bonds. The number of amides is 1. The molecule has 0 saturated carbocycles. The zero-order chi connectivity index (χ0) is 24.5. The Morgan fingerprint density at radius 1 is 1.09 bits per heavy atom. The molecule has 0 atom stereocenters. The normalized spacial score (nSPS) is 14.9. The summed E-state index contributed by atoms with van der Waals surface area (Å²) < 4.78 is 20.1. The van der Waals surface area contributed by atoms with Crippen molar-refractivity contribution in [1.29, 1.82) is 0 Å². The number of pyridine rings is 1. The van der Waals surface area contributed by atoms with E-state index in [1.807, 2.05) is 51.1 Å². The maximum atomic E-state index is 14.6. The molecule has 0 radical (unpaired) electrons. The number of rotatable bonds is 4. The highest BCUT2D eigenvalue weighted by atomic mass is 19.1. The molecule has 2 heterocycles. The van der Waals surface area contributed by atoms with Crippen molar-refractivity contribution in [2.24, 2.45) is 5.92 Å². The number of likely N-dealkylation sites (tertiary alicyclic amines) is 1. The van der Waals surface area contributed by atoms with Crippen LogP contribution >= 0.6 is 0 Å². The van der Waals surface area contributed by atoms with Gasteiger partial charge in [0.05, 0.1) is 11.3 Å². The first-order chi connectivity index (χ1) is 16.1. The number of fused-ring (bicyclic) bond motifs is 1. The lowest BCUT2D eigenvalue weighted by atomic mass is 9.85. The highest BCUT2D eigenvalue weighted by Gasteiger charge is 2.30. The minimum atomic E-state index is -1.10. The minimum absolute atomic E-state index is 0.0576. The lowest BCUT2D eigenvalue weighted by Crippen LogP contribution is -2.42. The minimum Gasteiger partial charge on any atom is -0.478 e. The third-order valence-electron chi connectivity index (χ3n) is 6.09. The van der Waals surface area contributed by atoms with Gasteiger partial charge in [-0.15, -0.1) is 0 Å². The van der Waals surface area contributed by atoms with Crippen molar-refractivity contribution in [3.05, 3.63) is 65.5 Å². The summed E-state index contributed by atoms with van der Waals surface area (Å²) in [6.07, 6.45) is 1.58. The second-order valence-electron chi connectivity index (χ2n) is 9.74. The third kappa shape index (κ3) is 5.03. The first-order valence-electron chi connectivity index (χ1n) is 11.5. The molecule has 0 unspecified atom stereocenters. The summed E-state index contributed by atoms with van der Waals surface area (Å²) in [7, 11) is 0. The second kappa shape index (κ2) is 9.41. The Kier molecular flexibility index (Phi) is 6.55. The number of hydrogen-bond donors (Lipinski definition) is 1. The van der Waals surface area contributed by atoms with Crippen LogP contribution in [-0.2, 0) is 11.2 Å². The van der Waals surface area contributed by atoms with Gasteiger partial charge in [-0.05, 0) is 57.6 Å². The second-order valence-corrected chi connectivity index (χ2v) is 9.74. The van der Waals surface area contributed by atoms with Gasteiger partial charge in [-0.1, -0.05) is 42.5 Å². The van der Waals surface area contributed by atoms with Gasteiger partial charge in [0, 0.05) is 24.0 Å². The molecule has 178 valence electrons. The number of hydrogen-bond acceptors (Lipinski definition) is 4. The number of carboxylic acid groups (broad SMARTS) is 1. The van der Waals surface area contributed by atoms with Crippen molar-refractivity contribution < 1.29 is 23.8 Å². The average Bonchev–Trinajstić information content (AvgIpc) is 2.78. The van der Waals surface area contributed by atoms with Crippen LogP contribution in [0.3, 0.4) is 0 Å². The van der Waals surface area contributed by atoms with Crippen LogP contribution in [0.5, 0.6) is 0 Å². The summed E-state index contributed by atoms with van der Waals surface area (Å²) in [4.78, 5) is 31.2. The van der Waals surface area contributed by atoms with Crippen LogP contribution in [0.2, 0.25) is 0 Å². The molecule has 6 nitrogen and oxygen atoms in total. The van der Waals surface area contributed by atoms with E-state index in [1.165, 1.54) is 12.1 Å². The largest absolute Gasteiger partial charge is 0.478 e. The van der Waals surface area contributed by atoms with Crippen LogP contribution in [0.4, 0.5) is 9.18 Å². The number of ether oxygens (including phenoxy) is 1. The number of carbonyl (C=O) groups excluding carboxylic acids is 1. The van der Waals surface area contributed by atoms with Crippen LogP contribution in [0.1, 0.15) is 49.5 Å². The van der Waals surface area contributed by atoms with Crippen molar-refractivity contribution in [2.75, 3.05) is 13.1 Å². The van der Waals surface area contributed by atoms with Crippen LogP contribution in [-0.4, -0.2) is 45.7 Å². The zero-order valence-electron chi connectivity index (χ0n) is 19.7. The molecule has 3 aromatic rings. The molecule has 0 aliphatic carbocycles. The highest BCUT2D eigenvalue weighted by molar-refractivity contribution is 6.05. The quantitative estimate of drug-likeness (QED) is 0.518. The number of aromatic nitrogens is 1. The molecular formula is C27H29FN2O4. The van der Waals surface area contributed by atoms with Crippen LogP contribution < -0.4 is 0 Å². The Morgan fingerprint density at radius 3 is 2.38 bits per heavy atom. The molecule has 1 aliphatic heterocycles. The maximum absolute atomic E-state index is 14.6. The van der Waals surface area contributed by atoms with Crippen molar-refractivity contribution in [2.45, 2.75) is 45.6 Å². The maximum Gasteiger partial charge on any atom is 0.410 e. The number of para-hydroxylation sites is 1. The summed E-state index contributed by atoms with van der Waals surface area (Å²) in [5, 5.41) is 10.5. The van der Waals surface area contributed by atoms with E-state index >= 15 is 0 Å². The smallest absolute Gasteiger partial charge is 0.410 e. The molecule has 0 spiro atoms. The lowest BCUT2D eigenvalue weighted by Gasteiger charge is -2.34. The molecule has 2 aromatic carbocycles. The third-order valence-corrected chi connectivity index (χ3v) is 6.09. The van der Waals surface area contributed by atoms with Crippen LogP contribution in [0.15, 0.2) is 48.5 Å². The van der Waals surface area contributed by atoms with Gasteiger partial charge in [-0.25, -0.2) is 19.0 Å². The summed E-state index contributed by atoms with van der Waals surface area (Å²) in [5.74, 6) is -1.49. The van der Waals surface area contributed by atoms with Crippen molar-refractivity contribution >= 4 is 23.0 Å². The monoisotopic (exact) mass is 464 g/mol. The fourth-order valence-electron chi connectivity index (χ4n) is 4.50. The zero-order valence-corrected chi connectivity index (χ0v) is 19.7. The number of carboxylic acids is 1. The number of piperidine rings is 1. The average molecular weight is 465 g/mol. The number of nitrogens with zero attached hydrogens (tertiary/aromatic N) is 2. The van der Waals surface area contributed by atoms with E-state index < -0.39 is 17.4 Å².